The number of aromatic nitrogens is 2. The van der Waals surface area contributed by atoms with E-state index in [1.54, 1.807) is 0 Å². The van der Waals surface area contributed by atoms with Crippen LogP contribution in [-0.2, 0) is 26.5 Å². The van der Waals surface area contributed by atoms with Crippen LogP contribution in [0.5, 0.6) is 0 Å². The van der Waals surface area contributed by atoms with Gasteiger partial charge in [0.2, 0.25) is 0 Å². The van der Waals surface area contributed by atoms with Crippen LogP contribution in [0.3, 0.4) is 0 Å². The average Bonchev–Trinajstić information content (AvgIpc) is 3.09. The van der Waals surface area contributed by atoms with Crippen molar-refractivity contribution in [2.45, 2.75) is 17.5 Å². The Balaban J connectivity index is 2.30. The Labute approximate surface area is 193 Å². The van der Waals surface area contributed by atoms with E-state index in [1.165, 1.54) is 24.3 Å². The summed E-state index contributed by atoms with van der Waals surface area (Å²) in [5, 5.41) is -1.10. The number of benzene rings is 2. The predicted octanol–water partition coefficient (Wildman–Crippen LogP) is 3.94. The van der Waals surface area contributed by atoms with Crippen LogP contribution in [0.15, 0.2) is 47.6 Å². The summed E-state index contributed by atoms with van der Waals surface area (Å²) in [5.74, 6) is -2.83. The first-order chi connectivity index (χ1) is 14.8. The topological polar surface area (TPSA) is 106 Å². The third-order valence-corrected chi connectivity index (χ3v) is 6.97. The van der Waals surface area contributed by atoms with E-state index in [4.69, 9.17) is 23.2 Å². The molecule has 0 fully saturated rings. The van der Waals surface area contributed by atoms with Crippen LogP contribution < -0.4 is 0 Å². The fourth-order valence-corrected chi connectivity index (χ4v) is 4.71. The molecule has 0 radical (unpaired) electrons. The van der Waals surface area contributed by atoms with Gasteiger partial charge in [-0.15, -0.1) is 0 Å². The summed E-state index contributed by atoms with van der Waals surface area (Å²) in [6.45, 7) is -0.357. The average molecular weight is 525 g/mol. The van der Waals surface area contributed by atoms with Crippen LogP contribution in [0.2, 0.25) is 10.0 Å². The minimum absolute atomic E-state index is 0.00775. The highest BCUT2D eigenvalue weighted by atomic mass is 35.5. The molecule has 0 aliphatic rings. The maximum absolute atomic E-state index is 13.8. The van der Waals surface area contributed by atoms with Gasteiger partial charge in [0.05, 0.1) is 27.9 Å². The third-order valence-electron chi connectivity index (χ3n) is 4.61. The summed E-state index contributed by atoms with van der Waals surface area (Å²) in [4.78, 5) is 4.10. The number of imidazole rings is 1. The van der Waals surface area contributed by atoms with Gasteiger partial charge in [0.15, 0.2) is 5.03 Å². The summed E-state index contributed by atoms with van der Waals surface area (Å²) in [5.41, 5.74) is 0.680. The molecule has 0 atom stereocenters. The molecule has 0 saturated carbocycles. The third kappa shape index (κ3) is 5.46. The fraction of sp³-hybridized carbons (Fsp3) is 0.211. The molecule has 1 aromatic heterocycles. The van der Waals surface area contributed by atoms with Crippen LogP contribution in [-0.4, -0.2) is 42.9 Å². The zero-order valence-corrected chi connectivity index (χ0v) is 19.5. The van der Waals surface area contributed by atoms with Gasteiger partial charge in [0.25, 0.3) is 0 Å². The molecule has 1 heterocycles. The second-order valence-electron chi connectivity index (χ2n) is 6.99. The lowest BCUT2D eigenvalue weighted by atomic mass is 9.90. The lowest BCUT2D eigenvalue weighted by molar-refractivity contribution is 0.468. The van der Waals surface area contributed by atoms with E-state index in [2.05, 4.69) is 4.98 Å². The van der Waals surface area contributed by atoms with Gasteiger partial charge >= 0.3 is 10.1 Å². The number of hydrogen-bond donors (Lipinski definition) is 1. The van der Waals surface area contributed by atoms with Gasteiger partial charge in [0, 0.05) is 12.8 Å². The van der Waals surface area contributed by atoms with E-state index in [0.717, 1.165) is 29.2 Å². The molecule has 2 aromatic carbocycles. The van der Waals surface area contributed by atoms with E-state index in [1.807, 2.05) is 0 Å². The lowest BCUT2D eigenvalue weighted by Crippen LogP contribution is -2.20. The Morgan fingerprint density at radius 2 is 1.50 bits per heavy atom. The van der Waals surface area contributed by atoms with Gasteiger partial charge in [-0.05, 0) is 35.4 Å². The molecule has 13 heteroatoms. The maximum Gasteiger partial charge on any atom is 0.311 e. The summed E-state index contributed by atoms with van der Waals surface area (Å²) >= 11 is 11.8. The lowest BCUT2D eigenvalue weighted by Gasteiger charge is -2.21. The Hall–Kier alpha value is -2.05. The number of sulfone groups is 1. The van der Waals surface area contributed by atoms with Crippen molar-refractivity contribution < 1.29 is 30.2 Å². The van der Waals surface area contributed by atoms with Gasteiger partial charge in [-0.2, -0.15) is 8.42 Å². The van der Waals surface area contributed by atoms with Crippen molar-refractivity contribution in [1.29, 1.82) is 0 Å². The van der Waals surface area contributed by atoms with Gasteiger partial charge in [-0.25, -0.2) is 22.2 Å². The van der Waals surface area contributed by atoms with Crippen molar-refractivity contribution in [2.24, 2.45) is 0 Å². The van der Waals surface area contributed by atoms with Crippen molar-refractivity contribution in [3.05, 3.63) is 81.2 Å². The Morgan fingerprint density at radius 3 is 1.91 bits per heavy atom. The number of hydrogen-bond acceptors (Lipinski definition) is 5. The van der Waals surface area contributed by atoms with Crippen LogP contribution in [0.4, 0.5) is 8.78 Å². The number of nitrogens with zero attached hydrogens (tertiary/aromatic N) is 2. The summed E-state index contributed by atoms with van der Waals surface area (Å²) in [6.07, 6.45) is 1.84. The molecule has 32 heavy (non-hydrogen) atoms. The number of rotatable bonds is 7. The Kier molecular flexibility index (Phi) is 6.97. The minimum Gasteiger partial charge on any atom is -0.315 e. The second kappa shape index (κ2) is 9.06. The molecule has 3 rings (SSSR count). The first-order valence-electron chi connectivity index (χ1n) is 8.88. The highest BCUT2D eigenvalue weighted by Gasteiger charge is 2.29. The smallest absolute Gasteiger partial charge is 0.311 e. The maximum atomic E-state index is 13.8. The fourth-order valence-electron chi connectivity index (χ4n) is 3.17. The van der Waals surface area contributed by atoms with Crippen LogP contribution >= 0.6 is 23.2 Å². The molecule has 172 valence electrons. The van der Waals surface area contributed by atoms with Crippen molar-refractivity contribution in [3.63, 3.8) is 0 Å². The van der Waals surface area contributed by atoms with Crippen molar-refractivity contribution in [3.8, 4) is 0 Å². The monoisotopic (exact) mass is 524 g/mol. The van der Waals surface area contributed by atoms with E-state index >= 15 is 0 Å². The molecule has 0 bridgehead atoms. The molecule has 0 aliphatic carbocycles. The van der Waals surface area contributed by atoms with E-state index < -0.39 is 48.3 Å². The standard InChI is InChI=1S/C19H16Cl2F2N2O5S2/c1-31(26,27)7-6-25-17(32(28,29)30)10-24-19(25)18(11-2-4-15(22)13(20)8-11)12-3-5-16(23)14(21)9-12/h2-5,8-10,18H,6-7H2,1H3,(H,28,29,30). The van der Waals surface area contributed by atoms with E-state index in [0.29, 0.717) is 11.1 Å². The van der Waals surface area contributed by atoms with Crippen LogP contribution in [0.1, 0.15) is 22.9 Å². The number of halogens is 4. The van der Waals surface area contributed by atoms with Crippen LogP contribution in [0, 0.1) is 11.6 Å². The van der Waals surface area contributed by atoms with Gasteiger partial charge in [-0.1, -0.05) is 35.3 Å². The molecule has 0 amide bonds. The second-order valence-corrected chi connectivity index (χ2v) is 11.4. The van der Waals surface area contributed by atoms with E-state index in [9.17, 15) is 30.2 Å². The molecule has 0 spiro atoms. The zero-order chi connectivity index (χ0) is 23.8. The summed E-state index contributed by atoms with van der Waals surface area (Å²) < 4.78 is 85.4. The van der Waals surface area contributed by atoms with Gasteiger partial charge < -0.3 is 4.57 Å². The highest BCUT2D eigenvalue weighted by molar-refractivity contribution is 7.90. The molecule has 0 unspecified atom stereocenters. The van der Waals surface area contributed by atoms with Crippen molar-refractivity contribution in [1.82, 2.24) is 9.55 Å². The first-order valence-corrected chi connectivity index (χ1v) is 13.1. The molecule has 3 aromatic rings. The molecule has 7 nitrogen and oxygen atoms in total. The van der Waals surface area contributed by atoms with Crippen LogP contribution in [0.25, 0.3) is 0 Å². The highest BCUT2D eigenvalue weighted by Crippen LogP contribution is 2.36. The molecular weight excluding hydrogens is 509 g/mol. The quantitative estimate of drug-likeness (QED) is 0.469. The summed E-state index contributed by atoms with van der Waals surface area (Å²) in [7, 11) is -8.30. The largest absolute Gasteiger partial charge is 0.315 e. The predicted molar refractivity (Wildman–Crippen MR) is 116 cm³/mol. The minimum atomic E-state index is -4.77. The SMILES string of the molecule is CS(=O)(=O)CCn1c(S(=O)(=O)O)cnc1C(c1ccc(F)c(Cl)c1)c1ccc(F)c(Cl)c1. The molecule has 1 N–H and O–H groups in total. The zero-order valence-electron chi connectivity index (χ0n) is 16.3. The van der Waals surface area contributed by atoms with E-state index in [-0.39, 0.29) is 22.4 Å². The van der Waals surface area contributed by atoms with Gasteiger partial charge in [0.1, 0.15) is 27.3 Å². The Bertz CT molecular complexity index is 1340. The molecule has 0 aliphatic heterocycles. The molecule has 0 saturated heterocycles. The Morgan fingerprint density at radius 1 is 1.00 bits per heavy atom. The van der Waals surface area contributed by atoms with Crippen molar-refractivity contribution in [2.75, 3.05) is 12.0 Å². The van der Waals surface area contributed by atoms with Crippen molar-refractivity contribution >= 4 is 43.2 Å². The molecular formula is C19H16Cl2F2N2O5S2. The summed E-state index contributed by atoms with van der Waals surface area (Å²) in [6, 6.07) is 7.47. The first kappa shape index (κ1) is 24.6. The van der Waals surface area contributed by atoms with Gasteiger partial charge in [-0.3, -0.25) is 4.55 Å². The normalized spacial score (nSPS) is 12.5.